The summed E-state index contributed by atoms with van der Waals surface area (Å²) < 4.78 is 16.5. The van der Waals surface area contributed by atoms with Gasteiger partial charge in [-0.2, -0.15) is 0 Å². The molecule has 0 saturated heterocycles. The molecule has 1 unspecified atom stereocenters. The van der Waals surface area contributed by atoms with Crippen LogP contribution in [0.4, 0.5) is 0 Å². The molecule has 0 saturated carbocycles. The van der Waals surface area contributed by atoms with Gasteiger partial charge >= 0.3 is 11.9 Å². The normalized spacial score (nSPS) is 19.9. The van der Waals surface area contributed by atoms with E-state index in [-0.39, 0.29) is 6.42 Å². The molecule has 0 N–H and O–H groups in total. The number of esters is 2. The number of ether oxygens (including phenoxy) is 3. The minimum atomic E-state index is -1.57. The lowest BCUT2D eigenvalue weighted by molar-refractivity contribution is -0.170. The van der Waals surface area contributed by atoms with Crippen LogP contribution in [0.3, 0.4) is 0 Å². The number of rotatable bonds is 3. The molecule has 1 atom stereocenters. The van der Waals surface area contributed by atoms with Crippen molar-refractivity contribution in [1.82, 2.24) is 0 Å². The molecule has 0 bridgehead atoms. The third kappa shape index (κ3) is 3.12. The van der Waals surface area contributed by atoms with Crippen molar-refractivity contribution in [2.24, 2.45) is 5.41 Å². The summed E-state index contributed by atoms with van der Waals surface area (Å²) in [5.74, 6) is -0.704. The molecule has 29 heavy (non-hydrogen) atoms. The lowest BCUT2D eigenvalue weighted by Crippen LogP contribution is -2.46. The first kappa shape index (κ1) is 19.0. The Morgan fingerprint density at radius 2 is 1.72 bits per heavy atom. The highest BCUT2D eigenvalue weighted by atomic mass is 16.5. The van der Waals surface area contributed by atoms with E-state index in [0.29, 0.717) is 17.8 Å². The molecule has 2 aliphatic rings. The average molecular weight is 390 g/mol. The standard InChI is InChI=1S/C24H22O5/c1-27-22(25)24(23(26)28-2)15-21(29-20-11-5-3-4-10-19(20)24)18-13-12-16-8-6-7-9-17(16)14-18/h3-10,12-14,21H,11,15H2,1-2H3. The van der Waals surface area contributed by atoms with Crippen LogP contribution in [0.15, 0.2) is 78.1 Å². The number of hydrogen-bond donors (Lipinski definition) is 0. The molecule has 0 spiro atoms. The van der Waals surface area contributed by atoms with Crippen LogP contribution in [-0.2, 0) is 23.8 Å². The second-order valence-corrected chi connectivity index (χ2v) is 7.13. The van der Waals surface area contributed by atoms with Crippen molar-refractivity contribution >= 4 is 22.7 Å². The van der Waals surface area contributed by atoms with Gasteiger partial charge in [-0.3, -0.25) is 9.59 Å². The molecule has 148 valence electrons. The molecule has 5 heteroatoms. The van der Waals surface area contributed by atoms with Crippen molar-refractivity contribution in [2.75, 3.05) is 14.2 Å². The lowest BCUT2D eigenvalue weighted by Gasteiger charge is -2.39. The predicted octanol–water partition coefficient (Wildman–Crippen LogP) is 4.40. The number of benzene rings is 2. The Morgan fingerprint density at radius 3 is 2.45 bits per heavy atom. The zero-order chi connectivity index (χ0) is 20.4. The predicted molar refractivity (Wildman–Crippen MR) is 109 cm³/mol. The molecular formula is C24H22O5. The van der Waals surface area contributed by atoms with E-state index in [9.17, 15) is 9.59 Å². The molecule has 0 radical (unpaired) electrons. The first-order chi connectivity index (χ1) is 14.1. The first-order valence-corrected chi connectivity index (χ1v) is 9.49. The van der Waals surface area contributed by atoms with Crippen LogP contribution in [0.2, 0.25) is 0 Å². The highest BCUT2D eigenvalue weighted by molar-refractivity contribution is 6.04. The van der Waals surface area contributed by atoms with E-state index in [1.54, 1.807) is 12.2 Å². The van der Waals surface area contributed by atoms with Crippen molar-refractivity contribution in [3.63, 3.8) is 0 Å². The largest absolute Gasteiger partial charge is 0.489 e. The fourth-order valence-corrected chi connectivity index (χ4v) is 4.11. The molecule has 2 aromatic rings. The van der Waals surface area contributed by atoms with Gasteiger partial charge in [-0.15, -0.1) is 0 Å². The van der Waals surface area contributed by atoms with E-state index in [1.807, 2.05) is 54.6 Å². The Kier molecular flexibility index (Phi) is 4.97. The molecule has 1 heterocycles. The van der Waals surface area contributed by atoms with Gasteiger partial charge in [0.15, 0.2) is 5.41 Å². The van der Waals surface area contributed by atoms with Crippen LogP contribution in [0, 0.1) is 5.41 Å². The minimum absolute atomic E-state index is 0.105. The Balaban J connectivity index is 1.87. The van der Waals surface area contributed by atoms with Gasteiger partial charge in [0.2, 0.25) is 0 Å². The van der Waals surface area contributed by atoms with Crippen LogP contribution >= 0.6 is 0 Å². The second-order valence-electron chi connectivity index (χ2n) is 7.13. The fraction of sp³-hybridized carbons (Fsp3) is 0.250. The smallest absolute Gasteiger partial charge is 0.328 e. The Bertz CT molecular complexity index is 1040. The van der Waals surface area contributed by atoms with Gasteiger partial charge in [0.25, 0.3) is 0 Å². The quantitative estimate of drug-likeness (QED) is 0.574. The summed E-state index contributed by atoms with van der Waals surface area (Å²) in [5, 5.41) is 2.18. The van der Waals surface area contributed by atoms with Gasteiger partial charge in [0, 0.05) is 18.4 Å². The van der Waals surface area contributed by atoms with Crippen LogP contribution in [0.1, 0.15) is 24.5 Å². The maximum absolute atomic E-state index is 13.0. The van der Waals surface area contributed by atoms with E-state index in [2.05, 4.69) is 0 Å². The van der Waals surface area contributed by atoms with Gasteiger partial charge in [-0.25, -0.2) is 0 Å². The van der Waals surface area contributed by atoms with Crippen LogP contribution in [0.5, 0.6) is 0 Å². The summed E-state index contributed by atoms with van der Waals surface area (Å²) in [4.78, 5) is 26.0. The number of hydrogen-bond acceptors (Lipinski definition) is 5. The summed E-state index contributed by atoms with van der Waals surface area (Å²) in [6.45, 7) is 0. The topological polar surface area (TPSA) is 61.8 Å². The molecule has 4 rings (SSSR count). The third-order valence-electron chi connectivity index (χ3n) is 5.56. The Morgan fingerprint density at radius 1 is 1.00 bits per heavy atom. The Hall–Kier alpha value is -3.34. The molecule has 1 aliphatic carbocycles. The summed E-state index contributed by atoms with van der Waals surface area (Å²) in [6, 6.07) is 14.0. The third-order valence-corrected chi connectivity index (χ3v) is 5.56. The van der Waals surface area contributed by atoms with Gasteiger partial charge in [-0.1, -0.05) is 60.7 Å². The van der Waals surface area contributed by atoms with Crippen molar-refractivity contribution < 1.29 is 23.8 Å². The Labute approximate surface area is 169 Å². The zero-order valence-corrected chi connectivity index (χ0v) is 16.4. The molecule has 1 aliphatic heterocycles. The van der Waals surface area contributed by atoms with Gasteiger partial charge in [0.1, 0.15) is 11.9 Å². The number of carbonyl (C=O) groups is 2. The molecule has 0 amide bonds. The maximum Gasteiger partial charge on any atom is 0.328 e. The maximum atomic E-state index is 13.0. The number of fused-ring (bicyclic) bond motifs is 1. The van der Waals surface area contributed by atoms with Gasteiger partial charge < -0.3 is 14.2 Å². The number of allylic oxidation sites excluding steroid dienone is 4. The van der Waals surface area contributed by atoms with Crippen molar-refractivity contribution in [2.45, 2.75) is 18.9 Å². The monoisotopic (exact) mass is 390 g/mol. The molecule has 0 aromatic heterocycles. The van der Waals surface area contributed by atoms with E-state index in [0.717, 1.165) is 16.3 Å². The molecule has 5 nitrogen and oxygen atoms in total. The lowest BCUT2D eigenvalue weighted by atomic mass is 9.71. The van der Waals surface area contributed by atoms with Crippen molar-refractivity contribution in [3.8, 4) is 0 Å². The summed E-state index contributed by atoms with van der Waals surface area (Å²) in [6.07, 6.45) is 7.42. The molecule has 2 aromatic carbocycles. The van der Waals surface area contributed by atoms with E-state index in [4.69, 9.17) is 14.2 Å². The van der Waals surface area contributed by atoms with E-state index >= 15 is 0 Å². The van der Waals surface area contributed by atoms with E-state index in [1.165, 1.54) is 14.2 Å². The van der Waals surface area contributed by atoms with Gasteiger partial charge in [-0.05, 0) is 22.4 Å². The van der Waals surface area contributed by atoms with Crippen molar-refractivity contribution in [3.05, 3.63) is 83.7 Å². The fourth-order valence-electron chi connectivity index (χ4n) is 4.11. The van der Waals surface area contributed by atoms with Gasteiger partial charge in [0.05, 0.1) is 14.2 Å². The number of carbonyl (C=O) groups excluding carboxylic acids is 2. The molecule has 0 fully saturated rings. The second kappa shape index (κ2) is 7.59. The highest BCUT2D eigenvalue weighted by Gasteiger charge is 2.56. The van der Waals surface area contributed by atoms with E-state index < -0.39 is 23.5 Å². The first-order valence-electron chi connectivity index (χ1n) is 9.49. The highest BCUT2D eigenvalue weighted by Crippen LogP contribution is 2.49. The average Bonchev–Trinajstić information content (AvgIpc) is 3.02. The van der Waals surface area contributed by atoms with Crippen LogP contribution in [0.25, 0.3) is 10.8 Å². The summed E-state index contributed by atoms with van der Waals surface area (Å²) in [7, 11) is 2.57. The number of methoxy groups -OCH3 is 2. The summed E-state index contributed by atoms with van der Waals surface area (Å²) in [5.41, 5.74) is -0.182. The van der Waals surface area contributed by atoms with Crippen LogP contribution in [-0.4, -0.2) is 26.2 Å². The summed E-state index contributed by atoms with van der Waals surface area (Å²) >= 11 is 0. The van der Waals surface area contributed by atoms with Crippen molar-refractivity contribution in [1.29, 1.82) is 0 Å². The molecular weight excluding hydrogens is 368 g/mol. The zero-order valence-electron chi connectivity index (χ0n) is 16.4. The van der Waals surface area contributed by atoms with Crippen LogP contribution < -0.4 is 0 Å². The SMILES string of the molecule is COC(=O)C1(C(=O)OC)CC(c2ccc3ccccc3c2)OC2=C1C=CC=CC2. The minimum Gasteiger partial charge on any atom is -0.489 e.